The van der Waals surface area contributed by atoms with Gasteiger partial charge in [0, 0.05) is 24.2 Å². The molecule has 5 heteroatoms. The molecule has 82 valence electrons. The number of ether oxygens (including phenoxy) is 1. The lowest BCUT2D eigenvalue weighted by Crippen LogP contribution is -1.97. The van der Waals surface area contributed by atoms with Crippen LogP contribution in [0.15, 0.2) is 24.7 Å². The SMILES string of the molecule is COc1nccnc1-c1cnc(N)cc1C. The molecular formula is C11H12N4O. The predicted molar refractivity (Wildman–Crippen MR) is 61.0 cm³/mol. The van der Waals surface area contributed by atoms with Gasteiger partial charge in [0.1, 0.15) is 11.5 Å². The molecule has 0 radical (unpaired) electrons. The number of aryl methyl sites for hydroxylation is 1. The molecule has 0 unspecified atom stereocenters. The van der Waals surface area contributed by atoms with Gasteiger partial charge in [-0.1, -0.05) is 0 Å². The van der Waals surface area contributed by atoms with E-state index in [2.05, 4.69) is 15.0 Å². The smallest absolute Gasteiger partial charge is 0.240 e. The molecule has 0 atom stereocenters. The lowest BCUT2D eigenvalue weighted by atomic mass is 10.1. The summed E-state index contributed by atoms with van der Waals surface area (Å²) in [5.41, 5.74) is 8.14. The Balaban J connectivity index is 2.58. The number of nitrogens with zero attached hydrogens (tertiary/aromatic N) is 3. The summed E-state index contributed by atoms with van der Waals surface area (Å²) >= 11 is 0. The molecule has 5 nitrogen and oxygen atoms in total. The van der Waals surface area contributed by atoms with Crippen molar-refractivity contribution >= 4 is 5.82 Å². The molecule has 16 heavy (non-hydrogen) atoms. The van der Waals surface area contributed by atoms with Crippen LogP contribution >= 0.6 is 0 Å². The first-order valence-electron chi connectivity index (χ1n) is 4.80. The van der Waals surface area contributed by atoms with Crippen molar-refractivity contribution in [3.63, 3.8) is 0 Å². The van der Waals surface area contributed by atoms with Crippen LogP contribution in [0.1, 0.15) is 5.56 Å². The van der Waals surface area contributed by atoms with Gasteiger partial charge in [-0.15, -0.1) is 0 Å². The highest BCUT2D eigenvalue weighted by Gasteiger charge is 2.11. The van der Waals surface area contributed by atoms with E-state index in [4.69, 9.17) is 10.5 Å². The summed E-state index contributed by atoms with van der Waals surface area (Å²) in [6, 6.07) is 1.80. The summed E-state index contributed by atoms with van der Waals surface area (Å²) < 4.78 is 5.15. The maximum atomic E-state index is 5.60. The first-order chi connectivity index (χ1) is 7.72. The summed E-state index contributed by atoms with van der Waals surface area (Å²) in [7, 11) is 1.56. The number of hydrogen-bond acceptors (Lipinski definition) is 5. The maximum absolute atomic E-state index is 5.60. The van der Waals surface area contributed by atoms with Crippen molar-refractivity contribution in [1.29, 1.82) is 0 Å². The first kappa shape index (κ1) is 10.4. The number of nitrogens with two attached hydrogens (primary N) is 1. The zero-order valence-corrected chi connectivity index (χ0v) is 9.14. The van der Waals surface area contributed by atoms with Gasteiger partial charge < -0.3 is 10.5 Å². The molecular weight excluding hydrogens is 204 g/mol. The number of aromatic nitrogens is 3. The number of anilines is 1. The Bertz CT molecular complexity index is 513. The zero-order chi connectivity index (χ0) is 11.5. The molecule has 0 saturated heterocycles. The van der Waals surface area contributed by atoms with Crippen molar-refractivity contribution in [1.82, 2.24) is 15.0 Å². The first-order valence-corrected chi connectivity index (χ1v) is 4.80. The standard InChI is InChI=1S/C11H12N4O/c1-7-5-9(12)15-6-8(7)10-11(16-2)14-4-3-13-10/h3-6H,1-2H3,(H2,12,15). The quantitative estimate of drug-likeness (QED) is 0.822. The van der Waals surface area contributed by atoms with E-state index in [9.17, 15) is 0 Å². The zero-order valence-electron chi connectivity index (χ0n) is 9.14. The van der Waals surface area contributed by atoms with Crippen LogP contribution < -0.4 is 10.5 Å². The van der Waals surface area contributed by atoms with Gasteiger partial charge in [0.05, 0.1) is 7.11 Å². The Kier molecular flexibility index (Phi) is 2.68. The highest BCUT2D eigenvalue weighted by atomic mass is 16.5. The van der Waals surface area contributed by atoms with Gasteiger partial charge >= 0.3 is 0 Å². The molecule has 0 fully saturated rings. The summed E-state index contributed by atoms with van der Waals surface area (Å²) in [6.45, 7) is 1.95. The molecule has 0 aliphatic heterocycles. The van der Waals surface area contributed by atoms with Gasteiger partial charge in [-0.3, -0.25) is 0 Å². The van der Waals surface area contributed by atoms with Crippen LogP contribution in [0.25, 0.3) is 11.3 Å². The van der Waals surface area contributed by atoms with Crippen LogP contribution in [-0.2, 0) is 0 Å². The molecule has 0 spiro atoms. The van der Waals surface area contributed by atoms with Crippen LogP contribution in [0.2, 0.25) is 0 Å². The van der Waals surface area contributed by atoms with Crippen molar-refractivity contribution in [2.45, 2.75) is 6.92 Å². The molecule has 0 aliphatic carbocycles. The summed E-state index contributed by atoms with van der Waals surface area (Å²) in [4.78, 5) is 12.4. The maximum Gasteiger partial charge on any atom is 0.240 e. The highest BCUT2D eigenvalue weighted by molar-refractivity contribution is 5.67. The Morgan fingerprint density at radius 2 is 1.94 bits per heavy atom. The minimum Gasteiger partial charge on any atom is -0.479 e. The van der Waals surface area contributed by atoms with Gasteiger partial charge in [-0.2, -0.15) is 0 Å². The van der Waals surface area contributed by atoms with E-state index in [1.165, 1.54) is 0 Å². The van der Waals surface area contributed by atoms with E-state index < -0.39 is 0 Å². The van der Waals surface area contributed by atoms with Crippen molar-refractivity contribution in [2.75, 3.05) is 12.8 Å². The molecule has 0 aliphatic rings. The van der Waals surface area contributed by atoms with Crippen molar-refractivity contribution in [3.8, 4) is 17.1 Å². The third-order valence-electron chi connectivity index (χ3n) is 2.25. The Morgan fingerprint density at radius 1 is 1.19 bits per heavy atom. The van der Waals surface area contributed by atoms with Crippen LogP contribution in [0, 0.1) is 6.92 Å². The van der Waals surface area contributed by atoms with E-state index in [0.717, 1.165) is 11.1 Å². The third-order valence-corrected chi connectivity index (χ3v) is 2.25. The largest absolute Gasteiger partial charge is 0.479 e. The van der Waals surface area contributed by atoms with E-state index >= 15 is 0 Å². The van der Waals surface area contributed by atoms with Gasteiger partial charge in [-0.05, 0) is 18.6 Å². The third kappa shape index (κ3) is 1.79. The fourth-order valence-electron chi connectivity index (χ4n) is 1.49. The average Bonchev–Trinajstić information content (AvgIpc) is 2.29. The number of methoxy groups -OCH3 is 1. The fourth-order valence-corrected chi connectivity index (χ4v) is 1.49. The predicted octanol–water partition coefficient (Wildman–Crippen LogP) is 1.44. The normalized spacial score (nSPS) is 10.1. The molecule has 0 saturated carbocycles. The molecule has 2 N–H and O–H groups in total. The van der Waals surface area contributed by atoms with E-state index in [-0.39, 0.29) is 0 Å². The van der Waals surface area contributed by atoms with E-state index in [1.807, 2.05) is 6.92 Å². The van der Waals surface area contributed by atoms with Crippen LogP contribution in [0.3, 0.4) is 0 Å². The Labute approximate surface area is 93.3 Å². The molecule has 2 heterocycles. The number of pyridine rings is 1. The van der Waals surface area contributed by atoms with Crippen molar-refractivity contribution < 1.29 is 4.74 Å². The summed E-state index contributed by atoms with van der Waals surface area (Å²) in [5.74, 6) is 0.973. The van der Waals surface area contributed by atoms with E-state index in [1.54, 1.807) is 31.8 Å². The number of rotatable bonds is 2. The summed E-state index contributed by atoms with van der Waals surface area (Å²) in [5, 5.41) is 0. The van der Waals surface area contributed by atoms with Gasteiger partial charge in [-0.25, -0.2) is 15.0 Å². The number of nitrogen functional groups attached to an aromatic ring is 1. The van der Waals surface area contributed by atoms with Crippen LogP contribution in [0.5, 0.6) is 5.88 Å². The van der Waals surface area contributed by atoms with Gasteiger partial charge in [0.15, 0.2) is 0 Å². The molecule has 0 aromatic carbocycles. The molecule has 0 amide bonds. The highest BCUT2D eigenvalue weighted by Crippen LogP contribution is 2.27. The van der Waals surface area contributed by atoms with Gasteiger partial charge in [0.25, 0.3) is 0 Å². The number of hydrogen-bond donors (Lipinski definition) is 1. The second-order valence-corrected chi connectivity index (χ2v) is 3.34. The summed E-state index contributed by atoms with van der Waals surface area (Å²) in [6.07, 6.45) is 4.88. The molecule has 0 bridgehead atoms. The average molecular weight is 216 g/mol. The van der Waals surface area contributed by atoms with Crippen molar-refractivity contribution in [2.24, 2.45) is 0 Å². The topological polar surface area (TPSA) is 73.9 Å². The Morgan fingerprint density at radius 3 is 2.62 bits per heavy atom. The molecule has 2 rings (SSSR count). The monoisotopic (exact) mass is 216 g/mol. The fraction of sp³-hybridized carbons (Fsp3) is 0.182. The second kappa shape index (κ2) is 4.14. The van der Waals surface area contributed by atoms with Crippen molar-refractivity contribution in [3.05, 3.63) is 30.2 Å². The van der Waals surface area contributed by atoms with Crippen LogP contribution in [0.4, 0.5) is 5.82 Å². The lowest BCUT2D eigenvalue weighted by molar-refractivity contribution is 0.397. The lowest BCUT2D eigenvalue weighted by Gasteiger charge is -2.08. The molecule has 2 aromatic rings. The second-order valence-electron chi connectivity index (χ2n) is 3.34. The van der Waals surface area contributed by atoms with Gasteiger partial charge in [0.2, 0.25) is 5.88 Å². The minimum absolute atomic E-state index is 0.483. The molecule has 2 aromatic heterocycles. The van der Waals surface area contributed by atoms with Crippen LogP contribution in [-0.4, -0.2) is 22.1 Å². The van der Waals surface area contributed by atoms with E-state index in [0.29, 0.717) is 17.4 Å². The minimum atomic E-state index is 0.483. The Hall–Kier alpha value is -2.17.